The number of thioether (sulfide) groups is 1. The van der Waals surface area contributed by atoms with Gasteiger partial charge in [0, 0.05) is 16.8 Å². The first kappa shape index (κ1) is 18.4. The third-order valence-electron chi connectivity index (χ3n) is 4.72. The number of rotatable bonds is 6. The zero-order valence-corrected chi connectivity index (χ0v) is 16.0. The Morgan fingerprint density at radius 2 is 2.08 bits per heavy atom. The molecule has 0 aliphatic heterocycles. The normalized spacial score (nSPS) is 20.4. The second kappa shape index (κ2) is 8.81. The quantitative estimate of drug-likeness (QED) is 0.704. The summed E-state index contributed by atoms with van der Waals surface area (Å²) in [7, 11) is 0. The predicted octanol–water partition coefficient (Wildman–Crippen LogP) is 5.67. The van der Waals surface area contributed by atoms with E-state index in [9.17, 15) is 4.79 Å². The van der Waals surface area contributed by atoms with E-state index in [0.717, 1.165) is 28.7 Å². The van der Waals surface area contributed by atoms with Gasteiger partial charge in [-0.05, 0) is 48.6 Å². The van der Waals surface area contributed by atoms with E-state index in [4.69, 9.17) is 16.0 Å². The lowest BCUT2D eigenvalue weighted by molar-refractivity contribution is 0.0880. The first-order chi connectivity index (χ1) is 12.1. The maximum atomic E-state index is 12.4. The summed E-state index contributed by atoms with van der Waals surface area (Å²) in [6.45, 7) is 2.21. The molecule has 0 bridgehead atoms. The largest absolute Gasteiger partial charge is 0.455 e. The molecule has 3 nitrogen and oxygen atoms in total. The number of carbonyl (C=O) groups is 1. The van der Waals surface area contributed by atoms with Crippen LogP contribution in [-0.2, 0) is 11.5 Å². The number of halogens is 1. The Labute approximate surface area is 158 Å². The van der Waals surface area contributed by atoms with Gasteiger partial charge < -0.3 is 9.73 Å². The zero-order valence-electron chi connectivity index (χ0n) is 14.5. The summed E-state index contributed by atoms with van der Waals surface area (Å²) in [5.74, 6) is 3.29. The van der Waals surface area contributed by atoms with Gasteiger partial charge in [-0.15, -0.1) is 11.8 Å². The number of benzene rings is 1. The minimum absolute atomic E-state index is 0.0927. The number of furan rings is 1. The molecule has 2 atom stereocenters. The van der Waals surface area contributed by atoms with E-state index < -0.39 is 0 Å². The fourth-order valence-corrected chi connectivity index (χ4v) is 4.33. The highest BCUT2D eigenvalue weighted by atomic mass is 35.5. The highest BCUT2D eigenvalue weighted by molar-refractivity contribution is 7.97. The van der Waals surface area contributed by atoms with Crippen LogP contribution in [0.1, 0.15) is 54.5 Å². The number of nitrogens with one attached hydrogen (secondary N) is 1. The summed E-state index contributed by atoms with van der Waals surface area (Å²) >= 11 is 7.74. The molecule has 1 aromatic heterocycles. The second-order valence-corrected chi connectivity index (χ2v) is 8.15. The minimum atomic E-state index is -0.0927. The monoisotopic (exact) mass is 377 g/mol. The predicted molar refractivity (Wildman–Crippen MR) is 104 cm³/mol. The van der Waals surface area contributed by atoms with Crippen molar-refractivity contribution < 1.29 is 9.21 Å². The van der Waals surface area contributed by atoms with Gasteiger partial charge in [0.2, 0.25) is 0 Å². The van der Waals surface area contributed by atoms with Crippen molar-refractivity contribution in [1.82, 2.24) is 5.32 Å². The van der Waals surface area contributed by atoms with Gasteiger partial charge in [-0.1, -0.05) is 43.5 Å². The zero-order chi connectivity index (χ0) is 17.6. The molecular formula is C20H24ClNO2S. The van der Waals surface area contributed by atoms with Crippen molar-refractivity contribution in [2.45, 2.75) is 50.2 Å². The van der Waals surface area contributed by atoms with Crippen molar-refractivity contribution in [3.8, 4) is 0 Å². The van der Waals surface area contributed by atoms with E-state index in [1.807, 2.05) is 24.3 Å². The van der Waals surface area contributed by atoms with E-state index in [0.29, 0.717) is 11.7 Å². The Bertz CT molecular complexity index is 715. The molecule has 1 amide bonds. The van der Waals surface area contributed by atoms with Crippen LogP contribution in [0.25, 0.3) is 0 Å². The van der Waals surface area contributed by atoms with Gasteiger partial charge in [-0.2, -0.15) is 0 Å². The van der Waals surface area contributed by atoms with Crippen molar-refractivity contribution in [3.63, 3.8) is 0 Å². The first-order valence-electron chi connectivity index (χ1n) is 8.83. The first-order valence-corrected chi connectivity index (χ1v) is 10.4. The van der Waals surface area contributed by atoms with Crippen molar-refractivity contribution in [2.75, 3.05) is 0 Å². The molecule has 5 heteroatoms. The van der Waals surface area contributed by atoms with Gasteiger partial charge in [0.25, 0.3) is 5.91 Å². The summed E-state index contributed by atoms with van der Waals surface area (Å²) in [4.78, 5) is 12.4. The molecule has 2 aromatic rings. The average molecular weight is 378 g/mol. The van der Waals surface area contributed by atoms with Crippen molar-refractivity contribution in [3.05, 3.63) is 58.5 Å². The van der Waals surface area contributed by atoms with E-state index in [1.54, 1.807) is 17.8 Å². The Morgan fingerprint density at radius 1 is 1.24 bits per heavy atom. The molecule has 1 saturated carbocycles. The molecule has 1 aliphatic rings. The summed E-state index contributed by atoms with van der Waals surface area (Å²) in [5, 5.41) is 3.89. The van der Waals surface area contributed by atoms with Crippen molar-refractivity contribution >= 4 is 29.3 Å². The highest BCUT2D eigenvalue weighted by Crippen LogP contribution is 2.25. The number of amides is 1. The molecule has 25 heavy (non-hydrogen) atoms. The van der Waals surface area contributed by atoms with E-state index in [2.05, 4.69) is 18.3 Å². The summed E-state index contributed by atoms with van der Waals surface area (Å²) in [5.41, 5.74) is 1.19. The molecule has 1 heterocycles. The van der Waals surface area contributed by atoms with Crippen LogP contribution in [0.2, 0.25) is 5.02 Å². The Morgan fingerprint density at radius 3 is 2.88 bits per heavy atom. The van der Waals surface area contributed by atoms with Crippen molar-refractivity contribution in [2.24, 2.45) is 5.92 Å². The number of hydrogen-bond donors (Lipinski definition) is 1. The van der Waals surface area contributed by atoms with Crippen LogP contribution in [0.4, 0.5) is 0 Å². The van der Waals surface area contributed by atoms with Gasteiger partial charge >= 0.3 is 0 Å². The van der Waals surface area contributed by atoms with Gasteiger partial charge in [0.1, 0.15) is 5.76 Å². The van der Waals surface area contributed by atoms with Crippen LogP contribution in [-0.4, -0.2) is 11.9 Å². The SMILES string of the molecule is C[C@@H]1CCCC[C@@H]1NC(=O)c1ccc(CSCc2cccc(Cl)c2)o1. The Hall–Kier alpha value is -1.39. The third kappa shape index (κ3) is 5.29. The van der Waals surface area contributed by atoms with Gasteiger partial charge in [-0.25, -0.2) is 0 Å². The lowest BCUT2D eigenvalue weighted by Crippen LogP contribution is -2.40. The van der Waals surface area contributed by atoms with Crippen LogP contribution < -0.4 is 5.32 Å². The summed E-state index contributed by atoms with van der Waals surface area (Å²) in [6, 6.07) is 11.8. The third-order valence-corrected chi connectivity index (χ3v) is 5.98. The van der Waals surface area contributed by atoms with Gasteiger partial charge in [-0.3, -0.25) is 4.79 Å². The molecule has 134 valence electrons. The fraction of sp³-hybridized carbons (Fsp3) is 0.450. The molecule has 1 aliphatic carbocycles. The lowest BCUT2D eigenvalue weighted by atomic mass is 9.86. The van der Waals surface area contributed by atoms with Crippen LogP contribution in [0, 0.1) is 5.92 Å². The number of hydrogen-bond acceptors (Lipinski definition) is 3. The van der Waals surface area contributed by atoms with Gasteiger partial charge in [0.15, 0.2) is 5.76 Å². The molecule has 0 radical (unpaired) electrons. The summed E-state index contributed by atoms with van der Waals surface area (Å²) in [6.07, 6.45) is 4.71. The molecule has 3 rings (SSSR count). The smallest absolute Gasteiger partial charge is 0.287 e. The Balaban J connectivity index is 1.49. The average Bonchev–Trinajstić information content (AvgIpc) is 3.06. The molecule has 0 unspecified atom stereocenters. The molecule has 1 fully saturated rings. The molecule has 0 saturated heterocycles. The molecular weight excluding hydrogens is 354 g/mol. The van der Waals surface area contributed by atoms with Crippen LogP contribution in [0.3, 0.4) is 0 Å². The maximum absolute atomic E-state index is 12.4. The maximum Gasteiger partial charge on any atom is 0.287 e. The fourth-order valence-electron chi connectivity index (χ4n) is 3.24. The summed E-state index contributed by atoms with van der Waals surface area (Å²) < 4.78 is 5.72. The van der Waals surface area contributed by atoms with Gasteiger partial charge in [0.05, 0.1) is 5.75 Å². The topological polar surface area (TPSA) is 42.2 Å². The Kier molecular flexibility index (Phi) is 6.49. The highest BCUT2D eigenvalue weighted by Gasteiger charge is 2.24. The molecule has 1 N–H and O–H groups in total. The van der Waals surface area contributed by atoms with E-state index >= 15 is 0 Å². The second-order valence-electron chi connectivity index (χ2n) is 6.73. The standard InChI is InChI=1S/C20H24ClNO2S/c1-14-5-2-3-8-18(14)22-20(23)19-10-9-17(24-19)13-25-12-15-6-4-7-16(21)11-15/h4,6-7,9-11,14,18H,2-3,5,8,12-13H2,1H3,(H,22,23)/t14-,18+/m1/s1. The van der Waals surface area contributed by atoms with Crippen LogP contribution in [0.5, 0.6) is 0 Å². The molecule has 1 aromatic carbocycles. The minimum Gasteiger partial charge on any atom is -0.455 e. The van der Waals surface area contributed by atoms with E-state index in [-0.39, 0.29) is 11.9 Å². The van der Waals surface area contributed by atoms with Crippen molar-refractivity contribution in [1.29, 1.82) is 0 Å². The van der Waals surface area contributed by atoms with E-state index in [1.165, 1.54) is 24.8 Å². The van der Waals surface area contributed by atoms with Crippen LogP contribution >= 0.6 is 23.4 Å². The molecule has 0 spiro atoms. The van der Waals surface area contributed by atoms with Crippen LogP contribution in [0.15, 0.2) is 40.8 Å². The number of carbonyl (C=O) groups excluding carboxylic acids is 1. The lowest BCUT2D eigenvalue weighted by Gasteiger charge is -2.29.